The number of hydrogen-bond donors (Lipinski definition) is 1. The van der Waals surface area contributed by atoms with E-state index in [1.165, 1.54) is 7.11 Å². The summed E-state index contributed by atoms with van der Waals surface area (Å²) in [5.74, 6) is 0.947. The maximum Gasteiger partial charge on any atom is 0.273 e. The van der Waals surface area contributed by atoms with Crippen molar-refractivity contribution in [2.45, 2.75) is 32.7 Å². The molecule has 1 fully saturated rings. The zero-order valence-corrected chi connectivity index (χ0v) is 17.9. The highest BCUT2D eigenvalue weighted by Gasteiger charge is 2.29. The van der Waals surface area contributed by atoms with E-state index in [0.717, 1.165) is 12.8 Å². The molecule has 0 radical (unpaired) electrons. The monoisotopic (exact) mass is 415 g/mol. The molecule has 0 aliphatic carbocycles. The molecular weight excluding hydrogens is 386 g/mol. The minimum Gasteiger partial charge on any atom is -0.493 e. The number of carbonyl (C=O) groups excluding carboxylic acids is 2. The molecule has 2 heterocycles. The first-order valence-corrected chi connectivity index (χ1v) is 10.1. The van der Waals surface area contributed by atoms with E-state index in [-0.39, 0.29) is 23.6 Å². The quantitative estimate of drug-likeness (QED) is 0.744. The predicted molar refractivity (Wildman–Crippen MR) is 111 cm³/mol. The molecule has 30 heavy (non-hydrogen) atoms. The Hall–Kier alpha value is -3.10. The Morgan fingerprint density at radius 2 is 2.07 bits per heavy atom. The van der Waals surface area contributed by atoms with Gasteiger partial charge in [0.05, 0.1) is 32.0 Å². The maximum atomic E-state index is 13.2. The number of nitrogens with one attached hydrogen (secondary N) is 1. The molecule has 9 heteroatoms. The lowest BCUT2D eigenvalue weighted by Crippen LogP contribution is -2.41. The lowest BCUT2D eigenvalue weighted by Gasteiger charge is -2.33. The van der Waals surface area contributed by atoms with Crippen molar-refractivity contribution in [1.29, 1.82) is 0 Å². The van der Waals surface area contributed by atoms with Crippen LogP contribution < -0.4 is 14.8 Å². The van der Waals surface area contributed by atoms with Gasteiger partial charge in [0.25, 0.3) is 11.8 Å². The van der Waals surface area contributed by atoms with Gasteiger partial charge in [-0.3, -0.25) is 9.59 Å². The van der Waals surface area contributed by atoms with E-state index >= 15 is 0 Å². The Morgan fingerprint density at radius 3 is 2.77 bits per heavy atom. The highest BCUT2D eigenvalue weighted by atomic mass is 16.5. The largest absolute Gasteiger partial charge is 0.493 e. The van der Waals surface area contributed by atoms with Crippen LogP contribution >= 0.6 is 0 Å². The summed E-state index contributed by atoms with van der Waals surface area (Å²) < 4.78 is 12.4. The van der Waals surface area contributed by atoms with Gasteiger partial charge in [0.15, 0.2) is 17.2 Å². The molecule has 1 aromatic carbocycles. The lowest BCUT2D eigenvalue weighted by atomic mass is 10.0. The first kappa shape index (κ1) is 21.6. The third-order valence-corrected chi connectivity index (χ3v) is 5.10. The zero-order chi connectivity index (χ0) is 21.7. The number of ether oxygens (including phenoxy) is 2. The molecule has 1 aliphatic rings. The molecule has 1 aliphatic heterocycles. The number of amides is 2. The average molecular weight is 415 g/mol. The number of aromatic nitrogens is 3. The van der Waals surface area contributed by atoms with Gasteiger partial charge in [-0.25, -0.2) is 4.68 Å². The average Bonchev–Trinajstić information content (AvgIpc) is 3.26. The molecule has 0 spiro atoms. The van der Waals surface area contributed by atoms with Crippen LogP contribution in [0.15, 0.2) is 24.4 Å². The summed E-state index contributed by atoms with van der Waals surface area (Å²) in [6, 6.07) is 5.23. The van der Waals surface area contributed by atoms with E-state index in [9.17, 15) is 9.59 Å². The minimum absolute atomic E-state index is 0.0431. The van der Waals surface area contributed by atoms with Crippen LogP contribution in [0.5, 0.6) is 11.5 Å². The predicted octanol–water partition coefficient (Wildman–Crippen LogP) is 2.16. The van der Waals surface area contributed by atoms with E-state index < -0.39 is 0 Å². The highest BCUT2D eigenvalue weighted by molar-refractivity contribution is 5.98. The molecule has 2 aromatic rings. The summed E-state index contributed by atoms with van der Waals surface area (Å²) in [5, 5.41) is 11.0. The van der Waals surface area contributed by atoms with Crippen molar-refractivity contribution < 1.29 is 19.1 Å². The topological polar surface area (TPSA) is 98.6 Å². The molecule has 1 aromatic heterocycles. The molecule has 2 amide bonds. The number of rotatable bonds is 7. The summed E-state index contributed by atoms with van der Waals surface area (Å²) >= 11 is 0. The van der Waals surface area contributed by atoms with E-state index in [2.05, 4.69) is 15.6 Å². The number of likely N-dealkylation sites (tertiary alicyclic amines) is 1. The van der Waals surface area contributed by atoms with Crippen LogP contribution in [0.3, 0.4) is 0 Å². The molecular formula is C21H29N5O4. The molecule has 1 saturated heterocycles. The number of nitrogens with zero attached hydrogens (tertiary/aromatic N) is 4. The van der Waals surface area contributed by atoms with Gasteiger partial charge in [-0.1, -0.05) is 25.1 Å². The first-order chi connectivity index (χ1) is 14.4. The Morgan fingerprint density at radius 1 is 1.27 bits per heavy atom. The Bertz CT molecular complexity index is 895. The van der Waals surface area contributed by atoms with Gasteiger partial charge in [-0.05, 0) is 30.9 Å². The fraction of sp³-hybridized carbons (Fsp3) is 0.524. The van der Waals surface area contributed by atoms with Gasteiger partial charge in [0.1, 0.15) is 0 Å². The van der Waals surface area contributed by atoms with Crippen molar-refractivity contribution in [3.8, 4) is 11.5 Å². The van der Waals surface area contributed by atoms with Gasteiger partial charge in [-0.2, -0.15) is 0 Å². The van der Waals surface area contributed by atoms with Crippen molar-refractivity contribution in [3.05, 3.63) is 35.7 Å². The Labute approximate surface area is 176 Å². The molecule has 1 N–H and O–H groups in total. The Kier molecular flexibility index (Phi) is 6.91. The fourth-order valence-electron chi connectivity index (χ4n) is 3.53. The molecule has 3 rings (SSSR count). The third kappa shape index (κ3) is 4.72. The van der Waals surface area contributed by atoms with E-state index in [1.807, 2.05) is 13.8 Å². The number of methoxy groups -OCH3 is 2. The van der Waals surface area contributed by atoms with Crippen molar-refractivity contribution in [3.63, 3.8) is 0 Å². The van der Waals surface area contributed by atoms with Crippen molar-refractivity contribution in [2.75, 3.05) is 33.9 Å². The normalized spacial score (nSPS) is 16.4. The van der Waals surface area contributed by atoms with E-state index in [1.54, 1.807) is 41.1 Å². The van der Waals surface area contributed by atoms with Crippen molar-refractivity contribution >= 4 is 11.8 Å². The van der Waals surface area contributed by atoms with Crippen LogP contribution in [0.25, 0.3) is 0 Å². The van der Waals surface area contributed by atoms with E-state index in [0.29, 0.717) is 42.6 Å². The maximum absolute atomic E-state index is 13.2. The van der Waals surface area contributed by atoms with Gasteiger partial charge in [-0.15, -0.1) is 5.10 Å². The summed E-state index contributed by atoms with van der Waals surface area (Å²) in [4.78, 5) is 27.2. The fourth-order valence-corrected chi connectivity index (χ4v) is 3.53. The van der Waals surface area contributed by atoms with Crippen LogP contribution in [0.2, 0.25) is 0 Å². The van der Waals surface area contributed by atoms with Crippen LogP contribution in [0.4, 0.5) is 0 Å². The molecule has 9 nitrogen and oxygen atoms in total. The summed E-state index contributed by atoms with van der Waals surface area (Å²) in [7, 11) is 3.07. The van der Waals surface area contributed by atoms with Crippen molar-refractivity contribution in [1.82, 2.24) is 25.2 Å². The third-order valence-electron chi connectivity index (χ3n) is 5.10. The smallest absolute Gasteiger partial charge is 0.273 e. The van der Waals surface area contributed by atoms with Gasteiger partial charge in [0.2, 0.25) is 0 Å². The van der Waals surface area contributed by atoms with Crippen LogP contribution in [0, 0.1) is 5.92 Å². The number of hydrogen-bond acceptors (Lipinski definition) is 6. The van der Waals surface area contributed by atoms with Crippen LogP contribution in [0.1, 0.15) is 53.6 Å². The van der Waals surface area contributed by atoms with E-state index in [4.69, 9.17) is 9.47 Å². The molecule has 0 saturated carbocycles. The molecule has 0 unspecified atom stereocenters. The van der Waals surface area contributed by atoms with Crippen molar-refractivity contribution in [2.24, 2.45) is 5.92 Å². The zero-order valence-electron chi connectivity index (χ0n) is 17.9. The lowest BCUT2D eigenvalue weighted by molar-refractivity contribution is 0.0667. The second-order valence-electron chi connectivity index (χ2n) is 7.78. The SMILES string of the molecule is COc1cccc(C(=O)N2CCC[C@H](n3cc(C(=O)NCC(C)C)nn3)C2)c1OC. The van der Waals surface area contributed by atoms with Crippen LogP contribution in [-0.4, -0.2) is 65.6 Å². The first-order valence-electron chi connectivity index (χ1n) is 10.1. The highest BCUT2D eigenvalue weighted by Crippen LogP contribution is 2.32. The number of piperidine rings is 1. The molecule has 0 bridgehead atoms. The second-order valence-corrected chi connectivity index (χ2v) is 7.78. The summed E-state index contributed by atoms with van der Waals surface area (Å²) in [5.41, 5.74) is 0.749. The van der Waals surface area contributed by atoms with Crippen LogP contribution in [-0.2, 0) is 0 Å². The van der Waals surface area contributed by atoms with Gasteiger partial charge in [0, 0.05) is 19.6 Å². The van der Waals surface area contributed by atoms with Gasteiger partial charge >= 0.3 is 0 Å². The number of carbonyl (C=O) groups is 2. The summed E-state index contributed by atoms with van der Waals surface area (Å²) in [6.07, 6.45) is 3.34. The Balaban J connectivity index is 1.72. The molecule has 162 valence electrons. The summed E-state index contributed by atoms with van der Waals surface area (Å²) in [6.45, 7) is 5.77. The minimum atomic E-state index is -0.236. The number of benzene rings is 1. The van der Waals surface area contributed by atoms with Gasteiger partial charge < -0.3 is 19.7 Å². The second kappa shape index (κ2) is 9.60. The standard InChI is InChI=1S/C21H29N5O4/c1-14(2)11-22-20(27)17-13-26(24-23-17)15-7-6-10-25(12-15)21(28)16-8-5-9-18(29-3)19(16)30-4/h5,8-9,13-15H,6-7,10-12H2,1-4H3,(H,22,27)/t15-/m0/s1. The number of para-hydroxylation sites is 1. The molecule has 1 atom stereocenters.